The number of H-pyrrole nitrogens is 1. The molecule has 1 aromatic heterocycles. The Hall–Kier alpha value is -1.92. The molecule has 1 saturated heterocycles. The number of nitrogens with one attached hydrogen (secondary N) is 1. The van der Waals surface area contributed by atoms with Crippen LogP contribution in [0, 0.1) is 0 Å². The number of amides is 1. The Morgan fingerprint density at radius 2 is 2.37 bits per heavy atom. The number of para-hydroxylation sites is 1. The van der Waals surface area contributed by atoms with Crippen molar-refractivity contribution in [3.8, 4) is 0 Å². The summed E-state index contributed by atoms with van der Waals surface area (Å²) in [6, 6.07) is 7.53. The number of morpholine rings is 1. The van der Waals surface area contributed by atoms with Crippen LogP contribution in [0.25, 0.3) is 10.9 Å². The number of aromatic nitrogens is 2. The molecular weight excluding hydrogens is 246 g/mol. The lowest BCUT2D eigenvalue weighted by Crippen LogP contribution is -2.47. The topological polar surface area (TPSA) is 78.5 Å². The Bertz CT molecular complexity index is 596. The lowest BCUT2D eigenvalue weighted by Gasteiger charge is -2.31. The monoisotopic (exact) mass is 261 g/mol. The first kappa shape index (κ1) is 12.1. The van der Waals surface area contributed by atoms with Crippen LogP contribution in [-0.4, -0.2) is 58.5 Å². The van der Waals surface area contributed by atoms with Gasteiger partial charge in [-0.1, -0.05) is 18.2 Å². The van der Waals surface area contributed by atoms with E-state index in [2.05, 4.69) is 10.2 Å². The second kappa shape index (κ2) is 4.99. The maximum atomic E-state index is 12.4. The molecule has 1 fully saturated rings. The molecule has 2 heterocycles. The zero-order valence-electron chi connectivity index (χ0n) is 10.4. The molecule has 0 bridgehead atoms. The lowest BCUT2D eigenvalue weighted by atomic mass is 10.2. The van der Waals surface area contributed by atoms with Crippen molar-refractivity contribution in [2.45, 2.75) is 6.10 Å². The highest BCUT2D eigenvalue weighted by atomic mass is 16.5. The lowest BCUT2D eigenvalue weighted by molar-refractivity contribution is -0.0448. The van der Waals surface area contributed by atoms with Crippen molar-refractivity contribution in [2.75, 3.05) is 26.3 Å². The molecule has 2 N–H and O–H groups in total. The molecule has 1 atom stereocenters. The van der Waals surface area contributed by atoms with Crippen LogP contribution in [0.2, 0.25) is 0 Å². The molecule has 0 radical (unpaired) electrons. The number of aromatic amines is 1. The molecule has 0 aliphatic carbocycles. The Balaban J connectivity index is 1.87. The number of carbonyl (C=O) groups is 1. The Kier molecular flexibility index (Phi) is 3.18. The van der Waals surface area contributed by atoms with Gasteiger partial charge in [0.15, 0.2) is 5.69 Å². The van der Waals surface area contributed by atoms with E-state index in [1.54, 1.807) is 4.90 Å². The van der Waals surface area contributed by atoms with E-state index in [0.29, 0.717) is 25.4 Å². The van der Waals surface area contributed by atoms with Gasteiger partial charge in [0.05, 0.1) is 24.8 Å². The fourth-order valence-corrected chi connectivity index (χ4v) is 2.29. The van der Waals surface area contributed by atoms with Gasteiger partial charge in [0, 0.05) is 18.5 Å². The van der Waals surface area contributed by atoms with Gasteiger partial charge in [0.2, 0.25) is 0 Å². The van der Waals surface area contributed by atoms with Crippen molar-refractivity contribution >= 4 is 16.8 Å². The van der Waals surface area contributed by atoms with Crippen molar-refractivity contribution in [1.29, 1.82) is 0 Å². The first-order chi connectivity index (χ1) is 9.29. The number of ether oxygens (including phenoxy) is 1. The van der Waals surface area contributed by atoms with E-state index in [0.717, 1.165) is 10.9 Å². The van der Waals surface area contributed by atoms with Crippen LogP contribution in [0.15, 0.2) is 24.3 Å². The number of benzene rings is 1. The molecule has 1 aliphatic rings. The van der Waals surface area contributed by atoms with Crippen LogP contribution < -0.4 is 0 Å². The molecule has 1 amide bonds. The van der Waals surface area contributed by atoms with Gasteiger partial charge in [-0.2, -0.15) is 5.10 Å². The van der Waals surface area contributed by atoms with Gasteiger partial charge in [-0.05, 0) is 6.07 Å². The number of hydrogen-bond donors (Lipinski definition) is 2. The highest BCUT2D eigenvalue weighted by molar-refractivity contribution is 6.04. The van der Waals surface area contributed by atoms with Crippen LogP contribution in [-0.2, 0) is 4.74 Å². The fraction of sp³-hybridized carbons (Fsp3) is 0.385. The molecule has 19 heavy (non-hydrogen) atoms. The average Bonchev–Trinajstić information content (AvgIpc) is 2.90. The number of rotatable bonds is 2. The highest BCUT2D eigenvalue weighted by Crippen LogP contribution is 2.18. The maximum absolute atomic E-state index is 12.4. The van der Waals surface area contributed by atoms with Crippen molar-refractivity contribution < 1.29 is 14.6 Å². The summed E-state index contributed by atoms with van der Waals surface area (Å²) in [6.45, 7) is 1.29. The molecule has 100 valence electrons. The van der Waals surface area contributed by atoms with Gasteiger partial charge in [-0.3, -0.25) is 9.89 Å². The first-order valence-electron chi connectivity index (χ1n) is 6.24. The van der Waals surface area contributed by atoms with Gasteiger partial charge < -0.3 is 14.7 Å². The number of fused-ring (bicyclic) bond motifs is 1. The number of aliphatic hydroxyl groups excluding tert-OH is 1. The number of nitrogens with zero attached hydrogens (tertiary/aromatic N) is 2. The maximum Gasteiger partial charge on any atom is 0.275 e. The smallest absolute Gasteiger partial charge is 0.275 e. The third-order valence-corrected chi connectivity index (χ3v) is 3.30. The fourth-order valence-electron chi connectivity index (χ4n) is 2.29. The third kappa shape index (κ3) is 2.20. The van der Waals surface area contributed by atoms with Gasteiger partial charge in [0.1, 0.15) is 0 Å². The minimum atomic E-state index is -0.303. The Morgan fingerprint density at radius 3 is 3.21 bits per heavy atom. The van der Waals surface area contributed by atoms with Crippen molar-refractivity contribution in [1.82, 2.24) is 15.1 Å². The molecule has 1 aromatic carbocycles. The molecule has 3 rings (SSSR count). The molecule has 0 unspecified atom stereocenters. The summed E-state index contributed by atoms with van der Waals surface area (Å²) in [4.78, 5) is 14.1. The summed E-state index contributed by atoms with van der Waals surface area (Å²) in [6.07, 6.45) is -0.303. The minimum absolute atomic E-state index is 0.0783. The standard InChI is InChI=1S/C13H15N3O3/c17-8-9-7-16(5-6-19-9)13(18)12-10-3-1-2-4-11(10)14-15-12/h1-4,9,17H,5-8H2,(H,14,15)/t9-/m1/s1. The number of carbonyl (C=O) groups excluding carboxylic acids is 1. The summed E-state index contributed by atoms with van der Waals surface area (Å²) in [7, 11) is 0. The third-order valence-electron chi connectivity index (χ3n) is 3.30. The zero-order chi connectivity index (χ0) is 13.2. The SMILES string of the molecule is O=C(c1n[nH]c2ccccc12)N1CCO[C@@H](CO)C1. The molecular formula is C13H15N3O3. The molecule has 6 heteroatoms. The largest absolute Gasteiger partial charge is 0.394 e. The van der Waals surface area contributed by atoms with Crippen LogP contribution in [0.3, 0.4) is 0 Å². The number of hydrogen-bond acceptors (Lipinski definition) is 4. The predicted molar refractivity (Wildman–Crippen MR) is 68.8 cm³/mol. The predicted octanol–water partition coefficient (Wildman–Crippen LogP) is 0.396. The second-order valence-corrected chi connectivity index (χ2v) is 4.54. The quantitative estimate of drug-likeness (QED) is 0.820. The van der Waals surface area contributed by atoms with E-state index in [1.165, 1.54) is 0 Å². The molecule has 2 aromatic rings. The summed E-state index contributed by atoms with van der Waals surface area (Å²) in [5.41, 5.74) is 1.27. The number of aliphatic hydroxyl groups is 1. The van der Waals surface area contributed by atoms with E-state index >= 15 is 0 Å². The van der Waals surface area contributed by atoms with Crippen LogP contribution >= 0.6 is 0 Å². The van der Waals surface area contributed by atoms with Gasteiger partial charge in [-0.25, -0.2) is 0 Å². The van der Waals surface area contributed by atoms with E-state index in [4.69, 9.17) is 9.84 Å². The highest BCUT2D eigenvalue weighted by Gasteiger charge is 2.26. The molecule has 1 aliphatic heterocycles. The molecule has 6 nitrogen and oxygen atoms in total. The Morgan fingerprint density at radius 1 is 1.53 bits per heavy atom. The summed E-state index contributed by atoms with van der Waals surface area (Å²) in [5, 5.41) is 16.9. The second-order valence-electron chi connectivity index (χ2n) is 4.54. The molecule has 0 spiro atoms. The van der Waals surface area contributed by atoms with Crippen molar-refractivity contribution in [3.05, 3.63) is 30.0 Å². The van der Waals surface area contributed by atoms with Crippen molar-refractivity contribution in [2.24, 2.45) is 0 Å². The van der Waals surface area contributed by atoms with Gasteiger partial charge >= 0.3 is 0 Å². The summed E-state index contributed by atoms with van der Waals surface area (Å²) in [5.74, 6) is -0.126. The van der Waals surface area contributed by atoms with E-state index in [1.807, 2.05) is 24.3 Å². The Labute approximate surface area is 110 Å². The van der Waals surface area contributed by atoms with Gasteiger partial charge in [0.25, 0.3) is 5.91 Å². The summed E-state index contributed by atoms with van der Waals surface area (Å²) < 4.78 is 5.34. The van der Waals surface area contributed by atoms with E-state index in [-0.39, 0.29) is 18.6 Å². The van der Waals surface area contributed by atoms with Gasteiger partial charge in [-0.15, -0.1) is 0 Å². The van der Waals surface area contributed by atoms with Crippen LogP contribution in [0.1, 0.15) is 10.5 Å². The van der Waals surface area contributed by atoms with E-state index < -0.39 is 0 Å². The zero-order valence-corrected chi connectivity index (χ0v) is 10.4. The van der Waals surface area contributed by atoms with Crippen molar-refractivity contribution in [3.63, 3.8) is 0 Å². The molecule has 0 saturated carbocycles. The first-order valence-corrected chi connectivity index (χ1v) is 6.24. The van der Waals surface area contributed by atoms with Crippen LogP contribution in [0.5, 0.6) is 0 Å². The van der Waals surface area contributed by atoms with Crippen LogP contribution in [0.4, 0.5) is 0 Å². The average molecular weight is 261 g/mol. The minimum Gasteiger partial charge on any atom is -0.394 e. The normalized spacial score (nSPS) is 19.8. The van der Waals surface area contributed by atoms with E-state index in [9.17, 15) is 4.79 Å². The summed E-state index contributed by atoms with van der Waals surface area (Å²) >= 11 is 0.